The summed E-state index contributed by atoms with van der Waals surface area (Å²) in [5, 5.41) is 0. The lowest BCUT2D eigenvalue weighted by molar-refractivity contribution is -0.157. The maximum absolute atomic E-state index is 14.0. The largest absolute Gasteiger partial charge is 0.473 e. The SMILES string of the molecule is [B]c1cc(COc2cc3c(cn2)[C@H]2[C@@H](C3)[C@@H]2C(=O)OC(C)(C)C)c(F)cc1C. The summed E-state index contributed by atoms with van der Waals surface area (Å²) in [6, 6.07) is 4.90. The Morgan fingerprint density at radius 2 is 2.07 bits per heavy atom. The van der Waals surface area contributed by atoms with Crippen LogP contribution in [-0.2, 0) is 22.6 Å². The van der Waals surface area contributed by atoms with Crippen LogP contribution in [0.2, 0.25) is 0 Å². The second kappa shape index (κ2) is 6.61. The number of hydrogen-bond acceptors (Lipinski definition) is 4. The van der Waals surface area contributed by atoms with Gasteiger partial charge in [-0.3, -0.25) is 4.79 Å². The highest BCUT2D eigenvalue weighted by atomic mass is 19.1. The minimum absolute atomic E-state index is 0.0649. The number of hydrogen-bond donors (Lipinski definition) is 0. The standard InChI is InChI=1S/C22H23BFNO3/c1-11-5-17(24)13(7-16(11)23)10-27-18-8-12-6-14-19(15(12)9-25-18)20(14)21(26)28-22(2,3)4/h5,7-9,14,19-20H,6,10H2,1-4H3/t14-,19-,20+/m1/s1. The van der Waals surface area contributed by atoms with E-state index in [9.17, 15) is 9.18 Å². The Bertz CT molecular complexity index is 954. The molecular formula is C22H23BFNO3. The second-order valence-electron chi connectivity index (χ2n) is 8.76. The molecule has 0 amide bonds. The fraction of sp³-hybridized carbons (Fsp3) is 0.455. The molecule has 2 aliphatic carbocycles. The van der Waals surface area contributed by atoms with E-state index in [0.29, 0.717) is 22.5 Å². The zero-order valence-electron chi connectivity index (χ0n) is 16.6. The van der Waals surface area contributed by atoms with E-state index in [2.05, 4.69) is 4.98 Å². The van der Waals surface area contributed by atoms with Crippen molar-refractivity contribution in [3.05, 3.63) is 52.5 Å². The molecule has 1 aromatic carbocycles. The highest BCUT2D eigenvalue weighted by Crippen LogP contribution is 2.62. The van der Waals surface area contributed by atoms with E-state index in [0.717, 1.165) is 17.5 Å². The molecule has 1 aromatic heterocycles. The lowest BCUT2D eigenvalue weighted by Gasteiger charge is -2.20. The summed E-state index contributed by atoms with van der Waals surface area (Å²) in [7, 11) is 5.85. The van der Waals surface area contributed by atoms with E-state index < -0.39 is 5.60 Å². The number of ether oxygens (including phenoxy) is 2. The molecule has 4 nitrogen and oxygen atoms in total. The third kappa shape index (κ3) is 3.52. The van der Waals surface area contributed by atoms with Crippen molar-refractivity contribution in [2.75, 3.05) is 0 Å². The molecule has 1 fully saturated rings. The average Bonchev–Trinajstić information content (AvgIpc) is 3.18. The monoisotopic (exact) mass is 379 g/mol. The van der Waals surface area contributed by atoms with E-state index in [1.54, 1.807) is 19.2 Å². The number of carbonyl (C=O) groups is 1. The Labute approximate surface area is 165 Å². The van der Waals surface area contributed by atoms with Crippen LogP contribution >= 0.6 is 0 Å². The molecule has 0 spiro atoms. The van der Waals surface area contributed by atoms with Crippen molar-refractivity contribution in [1.82, 2.24) is 4.98 Å². The van der Waals surface area contributed by atoms with Gasteiger partial charge in [0, 0.05) is 23.7 Å². The number of carbonyl (C=O) groups excluding carboxylic acids is 1. The topological polar surface area (TPSA) is 48.4 Å². The van der Waals surface area contributed by atoms with E-state index in [1.165, 1.54) is 6.07 Å². The van der Waals surface area contributed by atoms with Gasteiger partial charge in [0.25, 0.3) is 0 Å². The zero-order chi connectivity index (χ0) is 20.2. The Balaban J connectivity index is 1.42. The number of halogens is 1. The van der Waals surface area contributed by atoms with Gasteiger partial charge in [-0.1, -0.05) is 17.1 Å². The number of benzene rings is 1. The summed E-state index contributed by atoms with van der Waals surface area (Å²) in [4.78, 5) is 16.7. The van der Waals surface area contributed by atoms with Crippen molar-refractivity contribution in [3.63, 3.8) is 0 Å². The van der Waals surface area contributed by atoms with Gasteiger partial charge in [-0.15, -0.1) is 0 Å². The van der Waals surface area contributed by atoms with Crippen molar-refractivity contribution < 1.29 is 18.7 Å². The number of fused-ring (bicyclic) bond motifs is 3. The Morgan fingerprint density at radius 3 is 2.79 bits per heavy atom. The molecule has 6 heteroatoms. The molecule has 1 saturated carbocycles. The summed E-state index contributed by atoms with van der Waals surface area (Å²) >= 11 is 0. The van der Waals surface area contributed by atoms with Gasteiger partial charge in [0.15, 0.2) is 0 Å². The molecule has 144 valence electrons. The molecular weight excluding hydrogens is 356 g/mol. The molecule has 3 atom stereocenters. The van der Waals surface area contributed by atoms with Gasteiger partial charge in [0.1, 0.15) is 25.9 Å². The third-order valence-corrected chi connectivity index (χ3v) is 5.47. The van der Waals surface area contributed by atoms with E-state index in [-0.39, 0.29) is 36.1 Å². The van der Waals surface area contributed by atoms with Crippen molar-refractivity contribution in [3.8, 4) is 5.88 Å². The van der Waals surface area contributed by atoms with Gasteiger partial charge in [-0.2, -0.15) is 0 Å². The molecule has 2 aromatic rings. The van der Waals surface area contributed by atoms with Crippen LogP contribution in [0, 0.1) is 24.6 Å². The van der Waals surface area contributed by atoms with Gasteiger partial charge in [-0.05, 0) is 57.2 Å². The van der Waals surface area contributed by atoms with E-state index in [1.807, 2.05) is 26.8 Å². The maximum Gasteiger partial charge on any atom is 0.310 e. The van der Waals surface area contributed by atoms with Crippen LogP contribution in [0.25, 0.3) is 0 Å². The van der Waals surface area contributed by atoms with Gasteiger partial charge in [0.05, 0.1) is 5.92 Å². The van der Waals surface area contributed by atoms with Crippen molar-refractivity contribution >= 4 is 19.3 Å². The average molecular weight is 379 g/mol. The molecule has 28 heavy (non-hydrogen) atoms. The number of nitrogens with zero attached hydrogens (tertiary/aromatic N) is 1. The second-order valence-corrected chi connectivity index (χ2v) is 8.76. The van der Waals surface area contributed by atoms with Crippen LogP contribution in [0.1, 0.15) is 48.9 Å². The van der Waals surface area contributed by atoms with Gasteiger partial charge >= 0.3 is 5.97 Å². The lowest BCUT2D eigenvalue weighted by Crippen LogP contribution is -2.26. The van der Waals surface area contributed by atoms with Crippen LogP contribution in [-0.4, -0.2) is 24.4 Å². The number of aryl methyl sites for hydroxylation is 1. The highest BCUT2D eigenvalue weighted by molar-refractivity contribution is 6.33. The summed E-state index contributed by atoms with van der Waals surface area (Å²) in [5.74, 6) is 0.407. The number of pyridine rings is 1. The molecule has 2 radical (unpaired) electrons. The van der Waals surface area contributed by atoms with Crippen molar-refractivity contribution in [1.29, 1.82) is 0 Å². The first-order chi connectivity index (χ1) is 13.1. The van der Waals surface area contributed by atoms with Crippen LogP contribution in [0.5, 0.6) is 5.88 Å². The van der Waals surface area contributed by atoms with E-state index >= 15 is 0 Å². The van der Waals surface area contributed by atoms with Crippen LogP contribution in [0.4, 0.5) is 4.39 Å². The third-order valence-electron chi connectivity index (χ3n) is 5.47. The summed E-state index contributed by atoms with van der Waals surface area (Å²) in [5.41, 5.74) is 3.41. The van der Waals surface area contributed by atoms with Crippen LogP contribution in [0.15, 0.2) is 24.4 Å². The summed E-state index contributed by atoms with van der Waals surface area (Å²) in [6.45, 7) is 7.47. The minimum atomic E-state index is -0.471. The molecule has 0 unspecified atom stereocenters. The molecule has 4 rings (SSSR count). The molecule has 0 bridgehead atoms. The fourth-order valence-corrected chi connectivity index (χ4v) is 4.04. The van der Waals surface area contributed by atoms with Crippen molar-refractivity contribution in [2.24, 2.45) is 11.8 Å². The molecule has 1 heterocycles. The van der Waals surface area contributed by atoms with E-state index in [4.69, 9.17) is 17.3 Å². The molecule has 0 saturated heterocycles. The Kier molecular flexibility index (Phi) is 4.48. The van der Waals surface area contributed by atoms with Gasteiger partial charge in [0.2, 0.25) is 5.88 Å². The summed E-state index contributed by atoms with van der Waals surface area (Å²) < 4.78 is 25.3. The highest BCUT2D eigenvalue weighted by Gasteiger charge is 2.60. The number of aromatic nitrogens is 1. The Morgan fingerprint density at radius 1 is 1.32 bits per heavy atom. The number of esters is 1. The predicted molar refractivity (Wildman–Crippen MR) is 104 cm³/mol. The smallest absolute Gasteiger partial charge is 0.310 e. The lowest BCUT2D eigenvalue weighted by atomic mass is 9.89. The van der Waals surface area contributed by atoms with Crippen LogP contribution < -0.4 is 10.2 Å². The maximum atomic E-state index is 14.0. The molecule has 0 aliphatic heterocycles. The first-order valence-corrected chi connectivity index (χ1v) is 9.53. The first-order valence-electron chi connectivity index (χ1n) is 9.53. The van der Waals surface area contributed by atoms with Crippen molar-refractivity contribution in [2.45, 2.75) is 52.2 Å². The zero-order valence-corrected chi connectivity index (χ0v) is 16.6. The first kappa shape index (κ1) is 19.0. The van der Waals surface area contributed by atoms with Crippen LogP contribution in [0.3, 0.4) is 0 Å². The van der Waals surface area contributed by atoms with Gasteiger partial charge in [-0.25, -0.2) is 9.37 Å². The molecule has 2 aliphatic rings. The molecule has 0 N–H and O–H groups in total. The minimum Gasteiger partial charge on any atom is -0.473 e. The predicted octanol–water partition coefficient (Wildman–Crippen LogP) is 3.13. The summed E-state index contributed by atoms with van der Waals surface area (Å²) in [6.07, 6.45) is 2.59. The Hall–Kier alpha value is -2.37. The fourth-order valence-electron chi connectivity index (χ4n) is 4.04. The normalized spacial score (nSPS) is 22.4. The van der Waals surface area contributed by atoms with Gasteiger partial charge < -0.3 is 9.47 Å². The number of rotatable bonds is 4. The quantitative estimate of drug-likeness (QED) is 0.605.